The number of benzene rings is 1. The minimum Gasteiger partial charge on any atom is -0.273 e. The molecule has 1 heterocycles. The standard InChI is InChI=1S/C13H14F2N2O4S2/c14-9-1-2-10(15)11(5-9)22-6-12(18)16-17-13(19)8-3-4-23(20,21)7-8/h1-2,5,8H,3-4,6-7H2,(H,16,18)(H,17,19)/t8-/m1/s1. The lowest BCUT2D eigenvalue weighted by atomic mass is 10.1. The average molecular weight is 364 g/mol. The number of sulfone groups is 1. The largest absolute Gasteiger partial charge is 0.273 e. The molecule has 1 atom stereocenters. The van der Waals surface area contributed by atoms with Crippen LogP contribution in [0.3, 0.4) is 0 Å². The quantitative estimate of drug-likeness (QED) is 0.604. The fourth-order valence-corrected chi connectivity index (χ4v) is 4.50. The zero-order valence-corrected chi connectivity index (χ0v) is 13.5. The lowest BCUT2D eigenvalue weighted by Gasteiger charge is -2.10. The minimum atomic E-state index is -3.19. The molecule has 6 nitrogen and oxygen atoms in total. The molecular formula is C13H14F2N2O4S2. The number of thioether (sulfide) groups is 1. The van der Waals surface area contributed by atoms with Crippen LogP contribution in [-0.2, 0) is 19.4 Å². The average Bonchev–Trinajstić information content (AvgIpc) is 2.86. The summed E-state index contributed by atoms with van der Waals surface area (Å²) in [6.45, 7) is 0. The normalized spacial score (nSPS) is 19.3. The molecule has 2 rings (SSSR count). The predicted molar refractivity (Wildman–Crippen MR) is 80.1 cm³/mol. The summed E-state index contributed by atoms with van der Waals surface area (Å²) in [7, 11) is -3.19. The molecule has 1 saturated heterocycles. The van der Waals surface area contributed by atoms with E-state index in [1.54, 1.807) is 0 Å². The molecular weight excluding hydrogens is 350 g/mol. The van der Waals surface area contributed by atoms with Crippen molar-refractivity contribution in [2.24, 2.45) is 5.92 Å². The molecule has 0 aliphatic carbocycles. The Balaban J connectivity index is 1.77. The Labute approximate surface area is 135 Å². The van der Waals surface area contributed by atoms with Crippen molar-refractivity contribution in [2.45, 2.75) is 11.3 Å². The van der Waals surface area contributed by atoms with Crippen LogP contribution in [0.4, 0.5) is 8.78 Å². The predicted octanol–water partition coefficient (Wildman–Crippen LogP) is 0.639. The van der Waals surface area contributed by atoms with Crippen LogP contribution in [0.2, 0.25) is 0 Å². The van der Waals surface area contributed by atoms with E-state index >= 15 is 0 Å². The number of carbonyl (C=O) groups is 2. The van der Waals surface area contributed by atoms with Gasteiger partial charge in [0.1, 0.15) is 11.6 Å². The minimum absolute atomic E-state index is 0.0200. The first-order valence-electron chi connectivity index (χ1n) is 6.64. The molecule has 23 heavy (non-hydrogen) atoms. The molecule has 10 heteroatoms. The van der Waals surface area contributed by atoms with E-state index in [1.165, 1.54) is 0 Å². The van der Waals surface area contributed by atoms with Crippen LogP contribution in [0.5, 0.6) is 0 Å². The SMILES string of the molecule is O=C(CSc1cc(F)ccc1F)NNC(=O)[C@@H]1CCS(=O)(=O)C1. The van der Waals surface area contributed by atoms with Crippen molar-refractivity contribution >= 4 is 33.4 Å². The third kappa shape index (κ3) is 5.17. The van der Waals surface area contributed by atoms with Crippen molar-refractivity contribution < 1.29 is 26.8 Å². The Hall–Kier alpha value is -1.68. The van der Waals surface area contributed by atoms with Crippen LogP contribution >= 0.6 is 11.8 Å². The molecule has 1 aliphatic heterocycles. The summed E-state index contributed by atoms with van der Waals surface area (Å²) in [6.07, 6.45) is 0.216. The third-order valence-electron chi connectivity index (χ3n) is 3.18. The van der Waals surface area contributed by atoms with Crippen molar-refractivity contribution in [3.05, 3.63) is 29.8 Å². The molecule has 0 saturated carbocycles. The lowest BCUT2D eigenvalue weighted by molar-refractivity contribution is -0.129. The Morgan fingerprint density at radius 1 is 1.26 bits per heavy atom. The number of hydrogen-bond acceptors (Lipinski definition) is 5. The van der Waals surface area contributed by atoms with Gasteiger partial charge in [-0.05, 0) is 24.6 Å². The van der Waals surface area contributed by atoms with Crippen molar-refractivity contribution in [3.8, 4) is 0 Å². The molecule has 126 valence electrons. The highest BCUT2D eigenvalue weighted by atomic mass is 32.2. The summed E-state index contributed by atoms with van der Waals surface area (Å²) in [5, 5.41) is 0. The van der Waals surface area contributed by atoms with Gasteiger partial charge >= 0.3 is 0 Å². The van der Waals surface area contributed by atoms with Crippen LogP contribution < -0.4 is 10.9 Å². The summed E-state index contributed by atoms with van der Waals surface area (Å²) < 4.78 is 48.9. The van der Waals surface area contributed by atoms with Gasteiger partial charge in [-0.3, -0.25) is 20.4 Å². The highest BCUT2D eigenvalue weighted by molar-refractivity contribution is 8.00. The Bertz CT molecular complexity index is 725. The van der Waals surface area contributed by atoms with Crippen molar-refractivity contribution in [2.75, 3.05) is 17.3 Å². The molecule has 0 spiro atoms. The van der Waals surface area contributed by atoms with E-state index in [0.29, 0.717) is 0 Å². The molecule has 1 aromatic carbocycles. The molecule has 1 fully saturated rings. The Morgan fingerprint density at radius 2 is 2.00 bits per heavy atom. The van der Waals surface area contributed by atoms with Gasteiger partial charge in [-0.2, -0.15) is 0 Å². The second-order valence-corrected chi connectivity index (χ2v) is 8.25. The van der Waals surface area contributed by atoms with Gasteiger partial charge in [-0.25, -0.2) is 17.2 Å². The summed E-state index contributed by atoms with van der Waals surface area (Å²) in [5.41, 5.74) is 4.26. The number of carbonyl (C=O) groups excluding carboxylic acids is 2. The number of halogens is 2. The molecule has 1 aliphatic rings. The second kappa shape index (κ2) is 7.26. The van der Waals surface area contributed by atoms with Crippen molar-refractivity contribution in [1.29, 1.82) is 0 Å². The molecule has 1 aromatic rings. The van der Waals surface area contributed by atoms with Gasteiger partial charge in [0.2, 0.25) is 11.8 Å². The highest BCUT2D eigenvalue weighted by Gasteiger charge is 2.33. The zero-order chi connectivity index (χ0) is 17.0. The smallest absolute Gasteiger partial charge is 0.248 e. The van der Waals surface area contributed by atoms with Gasteiger partial charge in [0.25, 0.3) is 0 Å². The van der Waals surface area contributed by atoms with Gasteiger partial charge < -0.3 is 0 Å². The highest BCUT2D eigenvalue weighted by Crippen LogP contribution is 2.22. The maximum absolute atomic E-state index is 13.4. The fraction of sp³-hybridized carbons (Fsp3) is 0.385. The molecule has 2 amide bonds. The van der Waals surface area contributed by atoms with Gasteiger partial charge in [-0.15, -0.1) is 11.8 Å². The maximum atomic E-state index is 13.4. The summed E-state index contributed by atoms with van der Waals surface area (Å²) >= 11 is 0.779. The molecule has 2 N–H and O–H groups in total. The van der Waals surface area contributed by atoms with Crippen molar-refractivity contribution in [1.82, 2.24) is 10.9 Å². The van der Waals surface area contributed by atoms with Crippen molar-refractivity contribution in [3.63, 3.8) is 0 Å². The van der Waals surface area contributed by atoms with Crippen LogP contribution in [0, 0.1) is 17.6 Å². The number of hydrazine groups is 1. The molecule has 0 bridgehead atoms. The number of amides is 2. The molecule has 0 radical (unpaired) electrons. The van der Waals surface area contributed by atoms with Crippen LogP contribution in [0.1, 0.15) is 6.42 Å². The van der Waals surface area contributed by atoms with Crippen LogP contribution in [0.15, 0.2) is 23.1 Å². The molecule has 0 unspecified atom stereocenters. The summed E-state index contributed by atoms with van der Waals surface area (Å²) in [4.78, 5) is 23.3. The summed E-state index contributed by atoms with van der Waals surface area (Å²) in [6, 6.07) is 2.89. The van der Waals surface area contributed by atoms with E-state index in [2.05, 4.69) is 10.9 Å². The Morgan fingerprint density at radius 3 is 2.65 bits per heavy atom. The number of nitrogens with one attached hydrogen (secondary N) is 2. The van der Waals surface area contributed by atoms with E-state index < -0.39 is 39.2 Å². The third-order valence-corrected chi connectivity index (χ3v) is 5.98. The first kappa shape index (κ1) is 17.7. The zero-order valence-electron chi connectivity index (χ0n) is 11.8. The van der Waals surface area contributed by atoms with Crippen LogP contribution in [-0.4, -0.2) is 37.5 Å². The Kier molecular flexibility index (Phi) is 5.58. The van der Waals surface area contributed by atoms with E-state index in [4.69, 9.17) is 0 Å². The lowest BCUT2D eigenvalue weighted by Crippen LogP contribution is -2.45. The topological polar surface area (TPSA) is 92.3 Å². The summed E-state index contributed by atoms with van der Waals surface area (Å²) in [5.74, 6) is -3.67. The van der Waals surface area contributed by atoms with E-state index in [-0.39, 0.29) is 28.6 Å². The van der Waals surface area contributed by atoms with Crippen LogP contribution in [0.25, 0.3) is 0 Å². The van der Waals surface area contributed by atoms with Gasteiger partial charge in [0.05, 0.1) is 23.2 Å². The van der Waals surface area contributed by atoms with E-state index in [9.17, 15) is 26.8 Å². The van der Waals surface area contributed by atoms with Gasteiger partial charge in [0.15, 0.2) is 9.84 Å². The first-order chi connectivity index (χ1) is 10.8. The van der Waals surface area contributed by atoms with E-state index in [1.807, 2.05) is 0 Å². The van der Waals surface area contributed by atoms with E-state index in [0.717, 1.165) is 30.0 Å². The monoisotopic (exact) mass is 364 g/mol. The first-order valence-corrected chi connectivity index (χ1v) is 9.44. The van der Waals surface area contributed by atoms with Gasteiger partial charge in [0, 0.05) is 4.90 Å². The maximum Gasteiger partial charge on any atom is 0.248 e. The fourth-order valence-electron chi connectivity index (χ4n) is 2.00. The number of rotatable bonds is 4. The van der Waals surface area contributed by atoms with Gasteiger partial charge in [-0.1, -0.05) is 0 Å². The number of hydrogen-bond donors (Lipinski definition) is 2. The molecule has 0 aromatic heterocycles. The second-order valence-electron chi connectivity index (χ2n) is 5.00.